The molecule has 2 spiro atoms. The van der Waals surface area contributed by atoms with Crippen molar-refractivity contribution in [3.63, 3.8) is 0 Å². The van der Waals surface area contributed by atoms with E-state index in [1.807, 2.05) is 0 Å². The minimum atomic E-state index is -1.39. The monoisotopic (exact) mass is 462 g/mol. The first kappa shape index (κ1) is 20.7. The van der Waals surface area contributed by atoms with E-state index in [4.69, 9.17) is 0 Å². The number of hydrogen-bond donors (Lipinski definition) is 0. The molecule has 11 aliphatic rings. The van der Waals surface area contributed by atoms with Crippen LogP contribution >= 0.6 is 0 Å². The summed E-state index contributed by atoms with van der Waals surface area (Å²) >= 11 is 0. The lowest BCUT2D eigenvalue weighted by Gasteiger charge is -2.86. The van der Waals surface area contributed by atoms with Gasteiger partial charge >= 0.3 is 0 Å². The molecule has 11 rings (SSSR count). The molecule has 4 aliphatic carbocycles. The Morgan fingerprint density at radius 3 is 1.09 bits per heavy atom. The second kappa shape index (κ2) is 5.60. The second-order valence-electron chi connectivity index (χ2n) is 17.0. The highest BCUT2D eigenvalue weighted by Gasteiger charge is 2.89. The van der Waals surface area contributed by atoms with Crippen LogP contribution in [0.4, 0.5) is 0 Å². The number of hydrogen-bond acceptors (Lipinski definition) is 0. The maximum absolute atomic E-state index is 3.06. The molecule has 7 saturated heterocycles. The highest BCUT2D eigenvalue weighted by atomic mass is 29.3. The standard InChI is InChI=1S/C28H48B2Si2/c1-25-27-13-19-7-20(14-27)10-24(9-19)18-30(27)26(2,32(5,6)31(25,3)4)28-15-21-8-22(16-28)12-23(11-21)17-29(25)28/h19-24H,7-18H2,1-6H3. The van der Waals surface area contributed by atoms with Gasteiger partial charge in [0.1, 0.15) is 13.4 Å². The Morgan fingerprint density at radius 1 is 0.500 bits per heavy atom. The van der Waals surface area contributed by atoms with Crippen LogP contribution in [-0.2, 0) is 0 Å². The van der Waals surface area contributed by atoms with E-state index in [0.717, 1.165) is 69.4 Å². The molecule has 11 fully saturated rings. The number of fused-ring (bicyclic) bond motifs is 1. The molecule has 7 aliphatic heterocycles. The van der Waals surface area contributed by atoms with Crippen LogP contribution in [0.2, 0.25) is 59.3 Å². The van der Waals surface area contributed by atoms with E-state index in [1.54, 1.807) is 76.8 Å². The van der Waals surface area contributed by atoms with E-state index >= 15 is 0 Å². The van der Waals surface area contributed by atoms with Gasteiger partial charge in [-0.3, -0.25) is 0 Å². The van der Waals surface area contributed by atoms with E-state index in [2.05, 4.69) is 40.0 Å². The summed E-state index contributed by atoms with van der Waals surface area (Å²) < 4.78 is 0. The molecule has 0 amide bonds. The second-order valence-corrected chi connectivity index (χ2v) is 33.0. The average Bonchev–Trinajstić information content (AvgIpc) is 3.01. The van der Waals surface area contributed by atoms with Gasteiger partial charge in [-0.15, -0.1) is 0 Å². The van der Waals surface area contributed by atoms with Crippen LogP contribution in [0.25, 0.3) is 0 Å². The van der Waals surface area contributed by atoms with Crippen molar-refractivity contribution in [2.45, 2.75) is 137 Å². The Hall–Kier alpha value is 0.564. The van der Waals surface area contributed by atoms with Crippen LogP contribution in [0, 0.1) is 35.5 Å². The van der Waals surface area contributed by atoms with Crippen molar-refractivity contribution in [3.8, 4) is 0 Å². The fraction of sp³-hybridized carbons (Fsp3) is 1.00. The Morgan fingerprint density at radius 2 is 0.781 bits per heavy atom. The van der Waals surface area contributed by atoms with Gasteiger partial charge in [0, 0.05) is 15.2 Å². The van der Waals surface area contributed by atoms with Gasteiger partial charge in [0.05, 0.1) is 0 Å². The lowest BCUT2D eigenvalue weighted by Crippen LogP contribution is -2.89. The molecule has 0 N–H and O–H groups in total. The molecule has 7 heterocycles. The Kier molecular flexibility index (Phi) is 3.63. The van der Waals surface area contributed by atoms with Crippen molar-refractivity contribution in [3.05, 3.63) is 0 Å². The van der Waals surface area contributed by atoms with Crippen LogP contribution in [0.1, 0.15) is 78.1 Å². The summed E-state index contributed by atoms with van der Waals surface area (Å²) in [5.74, 6) is 6.66. The van der Waals surface area contributed by atoms with E-state index in [0.29, 0.717) is 0 Å². The zero-order chi connectivity index (χ0) is 22.1. The SMILES string of the molecule is CC12B3CC4CC5CC(C4)CC3(C5)C(C)(B3CC4CC5CC(C4)CC31C5)[Si](C)(C)[Si]2(C)C. The van der Waals surface area contributed by atoms with Crippen molar-refractivity contribution in [1.29, 1.82) is 0 Å². The van der Waals surface area contributed by atoms with Gasteiger partial charge in [-0.2, -0.15) is 0 Å². The molecule has 6 atom stereocenters. The van der Waals surface area contributed by atoms with Gasteiger partial charge < -0.3 is 0 Å². The summed E-state index contributed by atoms with van der Waals surface area (Å²) in [6, 6.07) is 0. The van der Waals surface area contributed by atoms with E-state index in [1.165, 1.54) is 0 Å². The highest BCUT2D eigenvalue weighted by molar-refractivity contribution is 7.49. The van der Waals surface area contributed by atoms with Gasteiger partial charge in [-0.05, 0) is 74.0 Å². The molecule has 0 radical (unpaired) electrons. The van der Waals surface area contributed by atoms with Crippen LogP contribution in [-0.4, -0.2) is 28.6 Å². The topological polar surface area (TPSA) is 0 Å². The zero-order valence-corrected chi connectivity index (χ0v) is 24.1. The summed E-state index contributed by atoms with van der Waals surface area (Å²) in [5.41, 5.74) is 0. The van der Waals surface area contributed by atoms with Crippen molar-refractivity contribution < 1.29 is 0 Å². The molecule has 32 heavy (non-hydrogen) atoms. The zero-order valence-electron chi connectivity index (χ0n) is 22.1. The largest absolute Gasteiger partial charge is 0.149 e. The Bertz CT molecular complexity index is 798. The van der Waals surface area contributed by atoms with Crippen LogP contribution < -0.4 is 0 Å². The van der Waals surface area contributed by atoms with E-state index in [9.17, 15) is 0 Å². The molecule has 0 aromatic heterocycles. The minimum absolute atomic E-state index is 0.730. The van der Waals surface area contributed by atoms with Crippen LogP contribution in [0.15, 0.2) is 0 Å². The number of rotatable bonds is 0. The third-order valence-electron chi connectivity index (χ3n) is 16.7. The van der Waals surface area contributed by atoms with Gasteiger partial charge in [-0.25, -0.2) is 0 Å². The molecular weight excluding hydrogens is 414 g/mol. The van der Waals surface area contributed by atoms with Crippen molar-refractivity contribution in [1.82, 2.24) is 0 Å². The molecule has 10 bridgehead atoms. The molecule has 0 aromatic rings. The van der Waals surface area contributed by atoms with Crippen molar-refractivity contribution in [2.24, 2.45) is 35.5 Å². The summed E-state index contributed by atoms with van der Waals surface area (Å²) in [7, 11) is -2.78. The van der Waals surface area contributed by atoms with Crippen molar-refractivity contribution in [2.75, 3.05) is 0 Å². The van der Waals surface area contributed by atoms with Crippen LogP contribution in [0.5, 0.6) is 0 Å². The lowest BCUT2D eigenvalue weighted by molar-refractivity contribution is 0.0959. The predicted octanol–water partition coefficient (Wildman–Crippen LogP) is 8.26. The quantitative estimate of drug-likeness (QED) is 0.318. The molecule has 174 valence electrons. The third-order valence-corrected chi connectivity index (χ3v) is 39.2. The van der Waals surface area contributed by atoms with Gasteiger partial charge in [0.2, 0.25) is 0 Å². The normalized spacial score (nSPS) is 62.1. The minimum Gasteiger partial charge on any atom is -0.0714 e. The summed E-state index contributed by atoms with van der Waals surface area (Å²) in [6.45, 7) is 20.3. The van der Waals surface area contributed by atoms with E-state index < -0.39 is 15.2 Å². The third kappa shape index (κ3) is 1.81. The first-order valence-electron chi connectivity index (χ1n) is 15.0. The molecule has 6 unspecified atom stereocenters. The molecule has 4 saturated carbocycles. The van der Waals surface area contributed by atoms with Crippen LogP contribution in [0.3, 0.4) is 0 Å². The molecule has 0 aromatic carbocycles. The predicted molar refractivity (Wildman–Crippen MR) is 145 cm³/mol. The van der Waals surface area contributed by atoms with E-state index in [-0.39, 0.29) is 0 Å². The van der Waals surface area contributed by atoms with Gasteiger partial charge in [0.15, 0.2) is 0 Å². The fourth-order valence-electron chi connectivity index (χ4n) is 15.6. The maximum atomic E-state index is 3.06. The fourth-order valence-corrected chi connectivity index (χ4v) is 34.3. The summed E-state index contributed by atoms with van der Waals surface area (Å²) in [4.78, 5) is 1.46. The highest BCUT2D eigenvalue weighted by Crippen LogP contribution is 2.93. The first-order chi connectivity index (χ1) is 15.0. The summed E-state index contributed by atoms with van der Waals surface area (Å²) in [6.07, 6.45) is 19.9. The Balaban J connectivity index is 1.47. The van der Waals surface area contributed by atoms with Gasteiger partial charge in [0.25, 0.3) is 0 Å². The van der Waals surface area contributed by atoms with Gasteiger partial charge in [-0.1, -0.05) is 98.9 Å². The molecule has 0 nitrogen and oxygen atoms in total. The molecule has 4 heteroatoms. The van der Waals surface area contributed by atoms with Crippen molar-refractivity contribution >= 4 is 28.6 Å². The molecular formula is C28H48B2Si2. The Labute approximate surface area is 201 Å². The summed E-state index contributed by atoms with van der Waals surface area (Å²) in [5, 5.41) is 1.49. The average molecular weight is 462 g/mol. The smallest absolute Gasteiger partial charge is 0.0714 e. The first-order valence-corrected chi connectivity index (χ1v) is 22.0. The maximum Gasteiger partial charge on any atom is 0.149 e. The lowest BCUT2D eigenvalue weighted by atomic mass is 9.01.